The number of phenolic OH excluding ortho intramolecular Hbond substituents is 1. The Kier molecular flexibility index (Phi) is 7.81. The minimum atomic E-state index is -0.852. The zero-order valence-electron chi connectivity index (χ0n) is 20.8. The highest BCUT2D eigenvalue weighted by Gasteiger charge is 2.46. The second-order valence-electron chi connectivity index (χ2n) is 8.94. The molecule has 0 spiro atoms. The lowest BCUT2D eigenvalue weighted by molar-refractivity contribution is -0.140. The molecular formula is C27H32N2O7. The van der Waals surface area contributed by atoms with Gasteiger partial charge >= 0.3 is 0 Å². The number of hydrogen-bond acceptors (Lipinski definition) is 8. The molecule has 1 unspecified atom stereocenters. The third kappa shape index (κ3) is 5.03. The predicted octanol–water partition coefficient (Wildman–Crippen LogP) is 2.86. The number of aliphatic hydroxyl groups excluding tert-OH is 1. The maximum Gasteiger partial charge on any atom is 0.295 e. The molecule has 9 heteroatoms. The van der Waals surface area contributed by atoms with Crippen molar-refractivity contribution in [3.05, 3.63) is 58.7 Å². The van der Waals surface area contributed by atoms with Gasteiger partial charge in [-0.05, 0) is 43.2 Å². The Hall–Kier alpha value is -3.56. The Morgan fingerprint density at radius 3 is 2.44 bits per heavy atom. The minimum Gasteiger partial charge on any atom is -0.507 e. The van der Waals surface area contributed by atoms with Crippen molar-refractivity contribution in [2.24, 2.45) is 0 Å². The molecule has 2 fully saturated rings. The average Bonchev–Trinajstić information content (AvgIpc) is 3.15. The fraction of sp³-hybridized carbons (Fsp3) is 0.407. The number of methoxy groups -OCH3 is 2. The van der Waals surface area contributed by atoms with Crippen LogP contribution in [0.4, 0.5) is 0 Å². The van der Waals surface area contributed by atoms with Gasteiger partial charge in [0.2, 0.25) is 0 Å². The number of aryl methyl sites for hydroxylation is 1. The maximum atomic E-state index is 13.3. The zero-order chi connectivity index (χ0) is 25.8. The van der Waals surface area contributed by atoms with E-state index in [2.05, 4.69) is 4.90 Å². The number of hydrogen-bond donors (Lipinski definition) is 2. The summed E-state index contributed by atoms with van der Waals surface area (Å²) in [6.07, 6.45) is 0.645. The van der Waals surface area contributed by atoms with E-state index in [9.17, 15) is 19.8 Å². The van der Waals surface area contributed by atoms with Crippen LogP contribution in [0.3, 0.4) is 0 Å². The number of rotatable bonds is 8. The van der Waals surface area contributed by atoms with E-state index < -0.39 is 23.5 Å². The molecule has 2 saturated heterocycles. The molecule has 192 valence electrons. The van der Waals surface area contributed by atoms with Crippen LogP contribution < -0.4 is 9.47 Å². The molecule has 0 saturated carbocycles. The summed E-state index contributed by atoms with van der Waals surface area (Å²) in [6.45, 7) is 5.88. The van der Waals surface area contributed by atoms with Crippen molar-refractivity contribution in [3.8, 4) is 17.2 Å². The van der Waals surface area contributed by atoms with Crippen LogP contribution in [-0.4, -0.2) is 85.3 Å². The van der Waals surface area contributed by atoms with Crippen molar-refractivity contribution in [2.75, 3.05) is 53.6 Å². The average molecular weight is 497 g/mol. The summed E-state index contributed by atoms with van der Waals surface area (Å²) < 4.78 is 16.2. The number of carbonyl (C=O) groups is 2. The van der Waals surface area contributed by atoms with Crippen molar-refractivity contribution >= 4 is 17.4 Å². The number of benzene rings is 2. The summed E-state index contributed by atoms with van der Waals surface area (Å²) in [5.41, 5.74) is 1.41. The van der Waals surface area contributed by atoms with Crippen LogP contribution in [-0.2, 0) is 14.3 Å². The quantitative estimate of drug-likeness (QED) is 0.326. The van der Waals surface area contributed by atoms with E-state index in [4.69, 9.17) is 14.2 Å². The summed E-state index contributed by atoms with van der Waals surface area (Å²) in [5, 5.41) is 21.7. The summed E-state index contributed by atoms with van der Waals surface area (Å²) in [7, 11) is 3.03. The Morgan fingerprint density at radius 1 is 1.03 bits per heavy atom. The van der Waals surface area contributed by atoms with Crippen LogP contribution in [0.5, 0.6) is 17.2 Å². The van der Waals surface area contributed by atoms with Crippen LogP contribution in [0.1, 0.15) is 29.2 Å². The number of Topliss-reactive ketones (excluding diaryl/α,β-unsaturated/α-hetero) is 1. The highest BCUT2D eigenvalue weighted by Crippen LogP contribution is 2.43. The molecule has 4 rings (SSSR count). The van der Waals surface area contributed by atoms with Crippen molar-refractivity contribution in [2.45, 2.75) is 19.4 Å². The van der Waals surface area contributed by atoms with Crippen molar-refractivity contribution in [1.29, 1.82) is 0 Å². The minimum absolute atomic E-state index is 0.0699. The first kappa shape index (κ1) is 25.5. The largest absolute Gasteiger partial charge is 0.507 e. The van der Waals surface area contributed by atoms with E-state index in [1.54, 1.807) is 30.3 Å². The third-order valence-corrected chi connectivity index (χ3v) is 6.65. The molecule has 36 heavy (non-hydrogen) atoms. The van der Waals surface area contributed by atoms with Crippen LogP contribution in [0, 0.1) is 6.92 Å². The molecule has 2 aliphatic heterocycles. The van der Waals surface area contributed by atoms with Crippen LogP contribution in [0.25, 0.3) is 5.76 Å². The Bertz CT molecular complexity index is 1170. The molecule has 2 aromatic rings. The number of aliphatic hydroxyl groups is 1. The Labute approximate surface area is 210 Å². The first-order valence-electron chi connectivity index (χ1n) is 12.0. The zero-order valence-corrected chi connectivity index (χ0v) is 20.8. The molecule has 2 heterocycles. The molecule has 0 aliphatic carbocycles. The molecule has 2 N–H and O–H groups in total. The monoisotopic (exact) mass is 496 g/mol. The second-order valence-corrected chi connectivity index (χ2v) is 8.94. The van der Waals surface area contributed by atoms with Gasteiger partial charge < -0.3 is 29.3 Å². The summed E-state index contributed by atoms with van der Waals surface area (Å²) in [6, 6.07) is 9.03. The van der Waals surface area contributed by atoms with E-state index in [0.717, 1.165) is 25.2 Å². The lowest BCUT2D eigenvalue weighted by Crippen LogP contribution is -2.39. The number of carbonyl (C=O) groups excluding carboxylic acids is 2. The molecule has 0 bridgehead atoms. The molecule has 1 amide bonds. The predicted molar refractivity (Wildman–Crippen MR) is 133 cm³/mol. The van der Waals surface area contributed by atoms with Gasteiger partial charge in [-0.3, -0.25) is 14.5 Å². The number of phenols is 1. The SMILES string of the molecule is COc1ccc(C2/C(=C(\O)c3cc(C)ccc3O)C(=O)C(=O)N2CCCN2CCOCC2)cc1OC. The number of amides is 1. The number of aromatic hydroxyl groups is 1. The molecule has 1 atom stereocenters. The first-order chi connectivity index (χ1) is 17.3. The highest BCUT2D eigenvalue weighted by molar-refractivity contribution is 6.46. The van der Waals surface area contributed by atoms with E-state index >= 15 is 0 Å². The van der Waals surface area contributed by atoms with Gasteiger partial charge in [-0.1, -0.05) is 17.7 Å². The Morgan fingerprint density at radius 2 is 1.75 bits per heavy atom. The lowest BCUT2D eigenvalue weighted by Gasteiger charge is -2.29. The van der Waals surface area contributed by atoms with Gasteiger partial charge in [0, 0.05) is 26.2 Å². The summed E-state index contributed by atoms with van der Waals surface area (Å²) >= 11 is 0. The fourth-order valence-corrected chi connectivity index (χ4v) is 4.75. The van der Waals surface area contributed by atoms with Crippen LogP contribution in [0.2, 0.25) is 0 Å². The van der Waals surface area contributed by atoms with Crippen LogP contribution in [0.15, 0.2) is 42.0 Å². The molecule has 0 radical (unpaired) electrons. The number of morpholine rings is 1. The Balaban J connectivity index is 1.75. The maximum absolute atomic E-state index is 13.3. The van der Waals surface area contributed by atoms with Gasteiger partial charge in [0.05, 0.1) is 44.6 Å². The summed E-state index contributed by atoms with van der Waals surface area (Å²) in [5.74, 6) is -1.13. The van der Waals surface area contributed by atoms with E-state index in [-0.39, 0.29) is 16.9 Å². The smallest absolute Gasteiger partial charge is 0.295 e. The molecule has 2 aromatic carbocycles. The van der Waals surface area contributed by atoms with Gasteiger partial charge in [-0.15, -0.1) is 0 Å². The highest BCUT2D eigenvalue weighted by atomic mass is 16.5. The third-order valence-electron chi connectivity index (χ3n) is 6.65. The number of ether oxygens (including phenoxy) is 3. The van der Waals surface area contributed by atoms with Crippen molar-refractivity contribution in [3.63, 3.8) is 0 Å². The standard InChI is InChI=1S/C27H32N2O7/c1-17-5-7-20(30)19(15-17)25(31)23-24(18-6-8-21(34-2)22(16-18)35-3)29(27(33)26(23)32)10-4-9-28-11-13-36-14-12-28/h5-8,15-16,24,30-31H,4,9-14H2,1-3H3/b25-23+. The molecule has 9 nitrogen and oxygen atoms in total. The first-order valence-corrected chi connectivity index (χ1v) is 12.0. The second kappa shape index (κ2) is 11.0. The van der Waals surface area contributed by atoms with Gasteiger partial charge in [-0.25, -0.2) is 0 Å². The number of ketones is 1. The van der Waals surface area contributed by atoms with E-state index in [1.807, 2.05) is 6.92 Å². The van der Waals surface area contributed by atoms with E-state index in [1.165, 1.54) is 25.2 Å². The van der Waals surface area contributed by atoms with Crippen molar-refractivity contribution in [1.82, 2.24) is 9.80 Å². The van der Waals surface area contributed by atoms with Gasteiger partial charge in [0.15, 0.2) is 11.5 Å². The van der Waals surface area contributed by atoms with Gasteiger partial charge in [0.25, 0.3) is 11.7 Å². The van der Waals surface area contributed by atoms with Crippen LogP contribution >= 0.6 is 0 Å². The number of likely N-dealkylation sites (tertiary alicyclic amines) is 1. The lowest BCUT2D eigenvalue weighted by atomic mass is 9.94. The van der Waals surface area contributed by atoms with Gasteiger partial charge in [0.1, 0.15) is 11.5 Å². The van der Waals surface area contributed by atoms with E-state index in [0.29, 0.717) is 43.2 Å². The van der Waals surface area contributed by atoms with Gasteiger partial charge in [-0.2, -0.15) is 0 Å². The molecular weight excluding hydrogens is 464 g/mol. The topological polar surface area (TPSA) is 109 Å². The normalized spacial score (nSPS) is 20.1. The fourth-order valence-electron chi connectivity index (χ4n) is 4.75. The molecule has 2 aliphatic rings. The van der Waals surface area contributed by atoms with Crippen molar-refractivity contribution < 1.29 is 34.0 Å². The number of nitrogens with zero attached hydrogens (tertiary/aromatic N) is 2. The summed E-state index contributed by atoms with van der Waals surface area (Å²) in [4.78, 5) is 30.3. The molecule has 0 aromatic heterocycles.